The highest BCUT2D eigenvalue weighted by molar-refractivity contribution is 5.96. The minimum absolute atomic E-state index is 0.122. The first-order chi connectivity index (χ1) is 12.6. The molecule has 6 heteroatoms. The number of hydrogen-bond donors (Lipinski definition) is 1. The van der Waals surface area contributed by atoms with Crippen LogP contribution in [0, 0.1) is 0 Å². The maximum Gasteiger partial charge on any atom is 0.230 e. The van der Waals surface area contributed by atoms with Crippen LogP contribution in [0.3, 0.4) is 0 Å². The second-order valence-corrected chi connectivity index (χ2v) is 6.37. The van der Waals surface area contributed by atoms with Crippen molar-refractivity contribution in [3.8, 4) is 11.5 Å². The molecule has 0 radical (unpaired) electrons. The Morgan fingerprint density at radius 1 is 1.35 bits per heavy atom. The first kappa shape index (κ1) is 16.4. The van der Waals surface area contributed by atoms with Crippen LogP contribution in [0.2, 0.25) is 0 Å². The molecule has 134 valence electrons. The highest BCUT2D eigenvalue weighted by atomic mass is 16.5. The lowest BCUT2D eigenvalue weighted by Crippen LogP contribution is -2.15. The molecular weight excluding hydrogens is 332 g/mol. The zero-order chi connectivity index (χ0) is 18.1. The molecule has 4 rings (SSSR count). The number of hydrogen-bond acceptors (Lipinski definition) is 5. The van der Waals surface area contributed by atoms with Crippen LogP contribution in [-0.4, -0.2) is 23.8 Å². The average Bonchev–Trinajstić information content (AvgIpc) is 3.18. The van der Waals surface area contributed by atoms with Gasteiger partial charge in [-0.25, -0.2) is 0 Å². The molecule has 0 spiro atoms. The van der Waals surface area contributed by atoms with E-state index in [0.29, 0.717) is 29.3 Å². The van der Waals surface area contributed by atoms with Gasteiger partial charge in [-0.15, -0.1) is 0 Å². The maximum atomic E-state index is 12.6. The molecule has 0 saturated heterocycles. The van der Waals surface area contributed by atoms with Gasteiger partial charge < -0.3 is 19.3 Å². The van der Waals surface area contributed by atoms with Crippen LogP contribution in [0.25, 0.3) is 11.0 Å². The zero-order valence-corrected chi connectivity index (χ0v) is 14.7. The summed E-state index contributed by atoms with van der Waals surface area (Å²) in [6.45, 7) is 4.46. The van der Waals surface area contributed by atoms with Crippen molar-refractivity contribution in [1.82, 2.24) is 5.16 Å². The Hall–Kier alpha value is -3.02. The van der Waals surface area contributed by atoms with Crippen molar-refractivity contribution in [2.24, 2.45) is 0 Å². The number of nitrogens with zero attached hydrogens (tertiary/aromatic N) is 1. The lowest BCUT2D eigenvalue weighted by molar-refractivity contribution is -0.115. The van der Waals surface area contributed by atoms with Crippen molar-refractivity contribution >= 4 is 22.6 Å². The minimum Gasteiger partial charge on any atom is -0.492 e. The Kier molecular flexibility index (Phi) is 4.24. The van der Waals surface area contributed by atoms with Crippen molar-refractivity contribution in [2.45, 2.75) is 32.8 Å². The number of carbonyl (C=O) groups is 1. The van der Waals surface area contributed by atoms with Crippen LogP contribution in [0.15, 0.2) is 40.9 Å². The number of fused-ring (bicyclic) bond motifs is 2. The third-order valence-corrected chi connectivity index (χ3v) is 4.35. The van der Waals surface area contributed by atoms with E-state index in [9.17, 15) is 4.79 Å². The summed E-state index contributed by atoms with van der Waals surface area (Å²) in [6.07, 6.45) is 1.10. The van der Waals surface area contributed by atoms with Crippen molar-refractivity contribution < 1.29 is 18.8 Å². The van der Waals surface area contributed by atoms with Gasteiger partial charge in [-0.1, -0.05) is 17.3 Å². The van der Waals surface area contributed by atoms with Crippen molar-refractivity contribution in [3.05, 3.63) is 47.7 Å². The SMILES string of the molecule is CCOc1cc2c(cc1NC(=O)Cc1noc3ccccc13)O[C@@H](C)C2. The summed E-state index contributed by atoms with van der Waals surface area (Å²) in [6, 6.07) is 11.3. The molecule has 0 saturated carbocycles. The molecule has 1 atom stereocenters. The summed E-state index contributed by atoms with van der Waals surface area (Å²) < 4.78 is 16.8. The molecule has 2 aromatic carbocycles. The number of rotatable bonds is 5. The largest absolute Gasteiger partial charge is 0.492 e. The summed E-state index contributed by atoms with van der Waals surface area (Å²) >= 11 is 0. The molecule has 1 N–H and O–H groups in total. The molecule has 0 fully saturated rings. The second kappa shape index (κ2) is 6.71. The lowest BCUT2D eigenvalue weighted by Gasteiger charge is -2.13. The van der Waals surface area contributed by atoms with Crippen LogP contribution in [0.1, 0.15) is 25.1 Å². The molecule has 1 aromatic heterocycles. The van der Waals surface area contributed by atoms with E-state index in [1.165, 1.54) is 0 Å². The van der Waals surface area contributed by atoms with Gasteiger partial charge in [0.05, 0.1) is 18.7 Å². The normalized spacial score (nSPS) is 15.5. The Labute approximate surface area is 151 Å². The monoisotopic (exact) mass is 352 g/mol. The van der Waals surface area contributed by atoms with Crippen LogP contribution in [-0.2, 0) is 17.6 Å². The van der Waals surface area contributed by atoms with Gasteiger partial charge in [-0.2, -0.15) is 0 Å². The number of aromatic nitrogens is 1. The van der Waals surface area contributed by atoms with E-state index >= 15 is 0 Å². The van der Waals surface area contributed by atoms with Crippen molar-refractivity contribution in [3.63, 3.8) is 0 Å². The van der Waals surface area contributed by atoms with Gasteiger partial charge in [0.25, 0.3) is 0 Å². The van der Waals surface area contributed by atoms with E-state index in [2.05, 4.69) is 10.5 Å². The molecule has 26 heavy (non-hydrogen) atoms. The van der Waals surface area contributed by atoms with E-state index in [1.807, 2.05) is 50.2 Å². The molecule has 2 heterocycles. The van der Waals surface area contributed by atoms with Gasteiger partial charge in [0.2, 0.25) is 5.91 Å². The summed E-state index contributed by atoms with van der Waals surface area (Å²) in [4.78, 5) is 12.6. The molecule has 0 unspecified atom stereocenters. The summed E-state index contributed by atoms with van der Waals surface area (Å²) in [5, 5.41) is 7.78. The van der Waals surface area contributed by atoms with Gasteiger partial charge in [0.15, 0.2) is 5.58 Å². The summed E-state index contributed by atoms with van der Waals surface area (Å²) in [7, 11) is 0. The first-order valence-electron chi connectivity index (χ1n) is 8.73. The number of benzene rings is 2. The first-order valence-corrected chi connectivity index (χ1v) is 8.73. The highest BCUT2D eigenvalue weighted by Crippen LogP contribution is 2.38. The number of ether oxygens (including phenoxy) is 2. The fraction of sp³-hybridized carbons (Fsp3) is 0.300. The third-order valence-electron chi connectivity index (χ3n) is 4.35. The molecule has 1 aliphatic rings. The van der Waals surface area contributed by atoms with Crippen molar-refractivity contribution in [2.75, 3.05) is 11.9 Å². The fourth-order valence-electron chi connectivity index (χ4n) is 3.22. The van der Waals surface area contributed by atoms with Gasteiger partial charge in [-0.05, 0) is 32.0 Å². The predicted octanol–water partition coefficient (Wildman–Crippen LogP) is 3.73. The summed E-state index contributed by atoms with van der Waals surface area (Å²) in [5.74, 6) is 1.27. The Morgan fingerprint density at radius 3 is 3.04 bits per heavy atom. The molecule has 0 bridgehead atoms. The fourth-order valence-corrected chi connectivity index (χ4v) is 3.22. The average molecular weight is 352 g/mol. The van der Waals surface area contributed by atoms with Crippen molar-refractivity contribution in [1.29, 1.82) is 0 Å². The standard InChI is InChI=1S/C20H20N2O4/c1-3-24-19-9-13-8-12(2)25-18(13)10-16(19)21-20(23)11-15-14-6-4-5-7-17(14)26-22-15/h4-7,9-10,12H,3,8,11H2,1-2H3,(H,21,23)/t12-/m0/s1. The molecule has 3 aromatic rings. The predicted molar refractivity (Wildman–Crippen MR) is 97.7 cm³/mol. The van der Waals surface area contributed by atoms with Crippen LogP contribution in [0.5, 0.6) is 11.5 Å². The van der Waals surface area contributed by atoms with Crippen LogP contribution < -0.4 is 14.8 Å². The van der Waals surface area contributed by atoms with E-state index in [0.717, 1.165) is 23.1 Å². The molecular formula is C20H20N2O4. The Morgan fingerprint density at radius 2 is 2.19 bits per heavy atom. The smallest absolute Gasteiger partial charge is 0.230 e. The van der Waals surface area contributed by atoms with E-state index in [1.54, 1.807) is 0 Å². The number of amides is 1. The number of anilines is 1. The molecule has 1 aliphatic heterocycles. The maximum absolute atomic E-state index is 12.6. The molecule has 6 nitrogen and oxygen atoms in total. The van der Waals surface area contributed by atoms with E-state index < -0.39 is 0 Å². The quantitative estimate of drug-likeness (QED) is 0.757. The zero-order valence-electron chi connectivity index (χ0n) is 14.7. The van der Waals surface area contributed by atoms with E-state index in [4.69, 9.17) is 14.0 Å². The van der Waals surface area contributed by atoms with Gasteiger partial charge in [0.1, 0.15) is 23.3 Å². The van der Waals surface area contributed by atoms with Crippen LogP contribution >= 0.6 is 0 Å². The Bertz CT molecular complexity index is 964. The van der Waals surface area contributed by atoms with Crippen LogP contribution in [0.4, 0.5) is 5.69 Å². The highest BCUT2D eigenvalue weighted by Gasteiger charge is 2.23. The van der Waals surface area contributed by atoms with E-state index in [-0.39, 0.29) is 18.4 Å². The second-order valence-electron chi connectivity index (χ2n) is 6.37. The number of nitrogens with one attached hydrogen (secondary N) is 1. The van der Waals surface area contributed by atoms with Gasteiger partial charge in [0, 0.05) is 23.4 Å². The topological polar surface area (TPSA) is 73.6 Å². The number of carbonyl (C=O) groups excluding carboxylic acids is 1. The molecule has 1 amide bonds. The lowest BCUT2D eigenvalue weighted by atomic mass is 10.1. The van der Waals surface area contributed by atoms with Gasteiger partial charge in [-0.3, -0.25) is 4.79 Å². The number of para-hydroxylation sites is 1. The Balaban J connectivity index is 1.56. The molecule has 0 aliphatic carbocycles. The van der Waals surface area contributed by atoms with Gasteiger partial charge >= 0.3 is 0 Å². The minimum atomic E-state index is -0.184. The summed E-state index contributed by atoms with van der Waals surface area (Å²) in [5.41, 5.74) is 2.99. The third kappa shape index (κ3) is 3.10.